The van der Waals surface area contributed by atoms with Crippen LogP contribution in [0.2, 0.25) is 0 Å². The van der Waals surface area contributed by atoms with E-state index in [9.17, 15) is 31.1 Å². The van der Waals surface area contributed by atoms with Gasteiger partial charge in [0.25, 0.3) is 0 Å². The van der Waals surface area contributed by atoms with Gasteiger partial charge in [-0.25, -0.2) is 0 Å². The lowest BCUT2D eigenvalue weighted by molar-refractivity contribution is -0.153. The summed E-state index contributed by atoms with van der Waals surface area (Å²) >= 11 is 0. The summed E-state index contributed by atoms with van der Waals surface area (Å²) in [6, 6.07) is 5.47. The summed E-state index contributed by atoms with van der Waals surface area (Å²) in [7, 11) is 0. The van der Waals surface area contributed by atoms with Gasteiger partial charge in [0.1, 0.15) is 5.75 Å². The highest BCUT2D eigenvalue weighted by Crippen LogP contribution is 2.34. The molecule has 4 nitrogen and oxygen atoms in total. The van der Waals surface area contributed by atoms with Gasteiger partial charge < -0.3 is 10.1 Å². The van der Waals surface area contributed by atoms with Gasteiger partial charge in [0.15, 0.2) is 6.61 Å². The second-order valence-corrected chi connectivity index (χ2v) is 6.78. The van der Waals surface area contributed by atoms with E-state index in [1.165, 1.54) is 24.3 Å². The molecule has 0 bridgehead atoms. The number of hydrogen-bond donors (Lipinski definition) is 1. The molecule has 0 radical (unpaired) electrons. The van der Waals surface area contributed by atoms with Gasteiger partial charge in [0.05, 0.1) is 23.5 Å². The zero-order valence-corrected chi connectivity index (χ0v) is 15.6. The summed E-state index contributed by atoms with van der Waals surface area (Å²) in [5, 5.41) is 2.68. The highest BCUT2D eigenvalue weighted by molar-refractivity contribution is 6.00. The molecule has 0 saturated heterocycles. The quantitative estimate of drug-likeness (QED) is 0.690. The van der Waals surface area contributed by atoms with Gasteiger partial charge >= 0.3 is 12.4 Å². The predicted octanol–water partition coefficient (Wildman–Crippen LogP) is 4.86. The number of nitrogens with zero attached hydrogens (tertiary/aromatic N) is 1. The predicted molar refractivity (Wildman–Crippen MR) is 95.5 cm³/mol. The van der Waals surface area contributed by atoms with E-state index in [1.807, 2.05) is 0 Å². The van der Waals surface area contributed by atoms with Gasteiger partial charge in [-0.1, -0.05) is 6.07 Å². The number of carbonyl (C=O) groups is 1. The molecule has 0 saturated carbocycles. The monoisotopic (exact) mass is 430 g/mol. The van der Waals surface area contributed by atoms with E-state index in [4.69, 9.17) is 0 Å². The molecule has 0 spiro atoms. The van der Waals surface area contributed by atoms with Gasteiger partial charge in [0.2, 0.25) is 5.91 Å². The van der Waals surface area contributed by atoms with Crippen LogP contribution in [0, 0.1) is 0 Å². The van der Waals surface area contributed by atoms with Crippen molar-refractivity contribution in [3.8, 4) is 5.75 Å². The van der Waals surface area contributed by atoms with Crippen LogP contribution in [0.15, 0.2) is 42.1 Å². The molecular weight excluding hydrogens is 414 g/mol. The number of ether oxygens (including phenoxy) is 1. The van der Waals surface area contributed by atoms with Crippen LogP contribution in [0.1, 0.15) is 35.3 Å². The molecule has 0 unspecified atom stereocenters. The summed E-state index contributed by atoms with van der Waals surface area (Å²) in [5.74, 6) is -0.532. The van der Waals surface area contributed by atoms with E-state index >= 15 is 0 Å². The zero-order valence-electron chi connectivity index (χ0n) is 15.6. The first-order valence-corrected chi connectivity index (χ1v) is 8.79. The van der Waals surface area contributed by atoms with Crippen LogP contribution in [-0.2, 0) is 17.4 Å². The van der Waals surface area contributed by atoms with Gasteiger partial charge in [0, 0.05) is 12.0 Å². The largest absolute Gasteiger partial charge is 0.483 e. The number of aromatic nitrogens is 1. The smallest absolute Gasteiger partial charge is 0.422 e. The molecule has 1 aliphatic rings. The number of hydrogen-bond acceptors (Lipinski definition) is 3. The van der Waals surface area contributed by atoms with Gasteiger partial charge in [-0.05, 0) is 48.4 Å². The van der Waals surface area contributed by atoms with Gasteiger partial charge in [-0.3, -0.25) is 9.78 Å². The number of nitrogens with one attached hydrogen (secondary N) is 1. The first kappa shape index (κ1) is 21.7. The number of halogens is 6. The van der Waals surface area contributed by atoms with E-state index in [-0.39, 0.29) is 12.2 Å². The molecule has 30 heavy (non-hydrogen) atoms. The molecule has 3 rings (SSSR count). The fourth-order valence-electron chi connectivity index (χ4n) is 2.92. The third-order valence-electron chi connectivity index (χ3n) is 4.43. The van der Waals surface area contributed by atoms with Crippen molar-refractivity contribution in [1.29, 1.82) is 0 Å². The minimum Gasteiger partial charge on any atom is -0.483 e. The van der Waals surface area contributed by atoms with Crippen LogP contribution in [0.3, 0.4) is 0 Å². The molecule has 160 valence electrons. The fraction of sp³-hybridized carbons (Fsp3) is 0.300. The normalized spacial score (nSPS) is 14.7. The lowest BCUT2D eigenvalue weighted by Gasteiger charge is -2.15. The summed E-state index contributed by atoms with van der Waals surface area (Å²) in [6.45, 7) is 0.186. The Bertz CT molecular complexity index is 965. The number of fused-ring (bicyclic) bond motifs is 1. The van der Waals surface area contributed by atoms with Crippen LogP contribution in [0.25, 0.3) is 6.08 Å². The topological polar surface area (TPSA) is 51.2 Å². The average Bonchev–Trinajstić information content (AvgIpc) is 3.09. The van der Waals surface area contributed by atoms with Crippen LogP contribution >= 0.6 is 0 Å². The number of amides is 1. The van der Waals surface area contributed by atoms with Crippen molar-refractivity contribution in [2.45, 2.75) is 31.7 Å². The molecule has 1 aromatic heterocycles. The van der Waals surface area contributed by atoms with E-state index in [1.54, 1.807) is 6.92 Å². The maximum absolute atomic E-state index is 12.8. The lowest BCUT2D eigenvalue weighted by atomic mass is 10.1. The summed E-state index contributed by atoms with van der Waals surface area (Å²) < 4.78 is 79.6. The fourth-order valence-corrected chi connectivity index (χ4v) is 2.92. The van der Waals surface area contributed by atoms with Crippen LogP contribution in [-0.4, -0.2) is 23.7 Å². The molecule has 1 aromatic carbocycles. The Kier molecular flexibility index (Phi) is 5.78. The van der Waals surface area contributed by atoms with Crippen molar-refractivity contribution in [3.63, 3.8) is 0 Å². The van der Waals surface area contributed by atoms with Crippen molar-refractivity contribution >= 4 is 12.0 Å². The highest BCUT2D eigenvalue weighted by atomic mass is 19.4. The number of pyridine rings is 1. The minimum absolute atomic E-state index is 0.0657. The number of rotatable bonds is 5. The molecule has 1 aliphatic carbocycles. The number of carbonyl (C=O) groups excluding carboxylic acids is 1. The molecule has 0 aliphatic heterocycles. The molecule has 2 aromatic rings. The summed E-state index contributed by atoms with van der Waals surface area (Å²) in [6.07, 6.45) is -6.21. The number of benzene rings is 1. The van der Waals surface area contributed by atoms with E-state index < -0.39 is 36.5 Å². The third-order valence-corrected chi connectivity index (χ3v) is 4.43. The van der Waals surface area contributed by atoms with Crippen molar-refractivity contribution in [2.75, 3.05) is 6.61 Å². The third kappa shape index (κ3) is 5.31. The van der Waals surface area contributed by atoms with Crippen molar-refractivity contribution in [2.24, 2.45) is 0 Å². The highest BCUT2D eigenvalue weighted by Gasteiger charge is 2.32. The molecule has 1 atom stereocenters. The van der Waals surface area contributed by atoms with Crippen molar-refractivity contribution in [1.82, 2.24) is 10.3 Å². The molecule has 0 fully saturated rings. The SMILES string of the molecule is C[C@@H](NC(=O)C1=Cc2cc(C(F)(F)F)ccc2C1)c1ccc(OCC(F)(F)F)cn1. The Morgan fingerprint density at radius 1 is 1.17 bits per heavy atom. The van der Waals surface area contributed by atoms with Crippen LogP contribution in [0.4, 0.5) is 26.3 Å². The zero-order chi connectivity index (χ0) is 22.1. The van der Waals surface area contributed by atoms with E-state index in [2.05, 4.69) is 15.0 Å². The molecular formula is C20H16F6N2O2. The summed E-state index contributed by atoms with van der Waals surface area (Å²) in [4.78, 5) is 16.5. The van der Waals surface area contributed by atoms with Crippen LogP contribution in [0.5, 0.6) is 5.75 Å². The van der Waals surface area contributed by atoms with Crippen LogP contribution < -0.4 is 10.1 Å². The Balaban J connectivity index is 1.63. The Hall–Kier alpha value is -3.04. The molecule has 1 amide bonds. The lowest BCUT2D eigenvalue weighted by Crippen LogP contribution is -2.28. The molecule has 1 heterocycles. The second-order valence-electron chi connectivity index (χ2n) is 6.78. The van der Waals surface area contributed by atoms with Crippen molar-refractivity contribution in [3.05, 3.63) is 64.5 Å². The van der Waals surface area contributed by atoms with Crippen molar-refractivity contribution < 1.29 is 35.9 Å². The molecule has 1 N–H and O–H groups in total. The van der Waals surface area contributed by atoms with Gasteiger partial charge in [-0.2, -0.15) is 26.3 Å². The Morgan fingerprint density at radius 2 is 1.90 bits per heavy atom. The maximum Gasteiger partial charge on any atom is 0.422 e. The average molecular weight is 430 g/mol. The minimum atomic E-state index is -4.47. The van der Waals surface area contributed by atoms with E-state index in [0.29, 0.717) is 22.4 Å². The Morgan fingerprint density at radius 3 is 2.50 bits per heavy atom. The first-order chi connectivity index (χ1) is 13.9. The maximum atomic E-state index is 12.8. The first-order valence-electron chi connectivity index (χ1n) is 8.79. The van der Waals surface area contributed by atoms with Gasteiger partial charge in [-0.15, -0.1) is 0 Å². The van der Waals surface area contributed by atoms with E-state index in [0.717, 1.165) is 18.3 Å². The Labute approximate surface area is 167 Å². The molecule has 10 heteroatoms. The standard InChI is InChI=1S/C20H16F6N2O2/c1-11(17-5-4-16(9-27-17)30-10-19(21,22)23)28-18(29)14-6-12-2-3-15(20(24,25)26)8-13(12)7-14/h2-5,7-9,11H,6,10H2,1H3,(H,28,29)/t11-/m1/s1. The number of alkyl halides is 6. The second kappa shape index (κ2) is 8.00. The summed E-state index contributed by atoms with van der Waals surface area (Å²) in [5.41, 5.74) is 0.862.